The van der Waals surface area contributed by atoms with Crippen LogP contribution in [0.15, 0.2) is 42.5 Å². The Labute approximate surface area is 164 Å². The van der Waals surface area contributed by atoms with E-state index in [2.05, 4.69) is 10.3 Å². The molecule has 0 radical (unpaired) electrons. The average Bonchev–Trinajstić information content (AvgIpc) is 3.10. The first-order chi connectivity index (χ1) is 13.6. The number of hydrogen-bond acceptors (Lipinski definition) is 4. The van der Waals surface area contributed by atoms with Crippen LogP contribution in [0, 0.1) is 11.6 Å². The van der Waals surface area contributed by atoms with Gasteiger partial charge in [0.2, 0.25) is 0 Å². The number of aromatic nitrogens is 1. The van der Waals surface area contributed by atoms with Crippen molar-refractivity contribution in [3.63, 3.8) is 0 Å². The zero-order valence-corrected chi connectivity index (χ0v) is 15.8. The zero-order valence-electron chi connectivity index (χ0n) is 15.0. The van der Waals surface area contributed by atoms with Crippen LogP contribution in [0.25, 0.3) is 10.2 Å². The number of likely N-dealkylation sites (tertiary alicyclic amines) is 1. The molecule has 146 valence electrons. The van der Waals surface area contributed by atoms with E-state index in [1.54, 1.807) is 4.90 Å². The number of fused-ring (bicyclic) bond motifs is 1. The lowest BCUT2D eigenvalue weighted by molar-refractivity contribution is 0.111. The molecule has 4 rings (SSSR count). The molecule has 2 amide bonds. The highest BCUT2D eigenvalue weighted by molar-refractivity contribution is 7.20. The number of halogens is 2. The molecule has 1 N–H and O–H groups in total. The molecular weight excluding hydrogens is 384 g/mol. The molecule has 1 aliphatic heterocycles. The van der Waals surface area contributed by atoms with Crippen molar-refractivity contribution in [1.82, 2.24) is 15.2 Å². The average molecular weight is 403 g/mol. The van der Waals surface area contributed by atoms with Crippen molar-refractivity contribution in [3.8, 4) is 5.19 Å². The Morgan fingerprint density at radius 1 is 1.21 bits per heavy atom. The monoisotopic (exact) mass is 403 g/mol. The molecule has 0 saturated carbocycles. The highest BCUT2D eigenvalue weighted by Gasteiger charge is 2.25. The largest absolute Gasteiger partial charge is 0.467 e. The fraction of sp³-hybridized carbons (Fsp3) is 0.300. The summed E-state index contributed by atoms with van der Waals surface area (Å²) in [6, 6.07) is 11.7. The van der Waals surface area contributed by atoms with Crippen LogP contribution in [0.3, 0.4) is 0 Å². The van der Waals surface area contributed by atoms with Crippen molar-refractivity contribution >= 4 is 27.6 Å². The first-order valence-electron chi connectivity index (χ1n) is 9.07. The lowest BCUT2D eigenvalue weighted by Crippen LogP contribution is -2.46. The van der Waals surface area contributed by atoms with Gasteiger partial charge >= 0.3 is 6.03 Å². The number of hydrogen-bond donors (Lipinski definition) is 1. The number of piperidine rings is 1. The minimum Gasteiger partial charge on any atom is -0.467 e. The Balaban J connectivity index is 1.29. The normalized spacial score (nSPS) is 15.0. The summed E-state index contributed by atoms with van der Waals surface area (Å²) in [7, 11) is 0. The van der Waals surface area contributed by atoms with Gasteiger partial charge in [0.05, 0.1) is 4.70 Å². The van der Waals surface area contributed by atoms with Crippen LogP contribution in [0.2, 0.25) is 0 Å². The summed E-state index contributed by atoms with van der Waals surface area (Å²) in [6.07, 6.45) is 1.21. The van der Waals surface area contributed by atoms with Crippen LogP contribution in [0.1, 0.15) is 18.4 Å². The Bertz CT molecular complexity index is 972. The fourth-order valence-electron chi connectivity index (χ4n) is 3.19. The Kier molecular flexibility index (Phi) is 5.38. The van der Waals surface area contributed by atoms with Gasteiger partial charge < -0.3 is 15.0 Å². The number of benzene rings is 2. The molecule has 5 nitrogen and oxygen atoms in total. The molecule has 1 fully saturated rings. The summed E-state index contributed by atoms with van der Waals surface area (Å²) in [5.74, 6) is -1.32. The molecule has 0 atom stereocenters. The van der Waals surface area contributed by atoms with E-state index in [1.165, 1.54) is 6.07 Å². The van der Waals surface area contributed by atoms with E-state index in [0.29, 0.717) is 42.4 Å². The van der Waals surface area contributed by atoms with Crippen molar-refractivity contribution in [3.05, 3.63) is 59.7 Å². The summed E-state index contributed by atoms with van der Waals surface area (Å²) in [5, 5.41) is 3.25. The van der Waals surface area contributed by atoms with Crippen molar-refractivity contribution in [2.45, 2.75) is 25.5 Å². The molecule has 0 bridgehead atoms. The lowest BCUT2D eigenvalue weighted by Gasteiger charge is -2.31. The number of nitrogens with one attached hydrogen (secondary N) is 1. The Morgan fingerprint density at radius 2 is 1.96 bits per heavy atom. The number of rotatable bonds is 4. The number of amides is 2. The van der Waals surface area contributed by atoms with Gasteiger partial charge in [0.1, 0.15) is 17.4 Å². The van der Waals surface area contributed by atoms with E-state index in [-0.39, 0.29) is 17.7 Å². The van der Waals surface area contributed by atoms with Crippen LogP contribution < -0.4 is 10.1 Å². The number of urea groups is 1. The van der Waals surface area contributed by atoms with Gasteiger partial charge in [-0.15, -0.1) is 0 Å². The van der Waals surface area contributed by atoms with Crippen LogP contribution in [-0.2, 0) is 6.54 Å². The van der Waals surface area contributed by atoms with Crippen LogP contribution in [0.5, 0.6) is 5.19 Å². The first-order valence-corrected chi connectivity index (χ1v) is 9.89. The van der Waals surface area contributed by atoms with Gasteiger partial charge in [-0.25, -0.2) is 13.6 Å². The van der Waals surface area contributed by atoms with Crippen molar-refractivity contribution in [2.24, 2.45) is 0 Å². The summed E-state index contributed by atoms with van der Waals surface area (Å²) in [4.78, 5) is 18.2. The van der Waals surface area contributed by atoms with E-state index in [4.69, 9.17) is 4.74 Å². The maximum atomic E-state index is 13.8. The smallest absolute Gasteiger partial charge is 0.317 e. The molecule has 1 aromatic heterocycles. The third-order valence-corrected chi connectivity index (χ3v) is 5.57. The zero-order chi connectivity index (χ0) is 19.5. The van der Waals surface area contributed by atoms with Gasteiger partial charge in [-0.3, -0.25) is 0 Å². The van der Waals surface area contributed by atoms with Gasteiger partial charge in [-0.05, 0) is 11.6 Å². The highest BCUT2D eigenvalue weighted by Crippen LogP contribution is 2.31. The predicted molar refractivity (Wildman–Crippen MR) is 103 cm³/mol. The molecule has 3 aromatic rings. The van der Waals surface area contributed by atoms with E-state index in [1.807, 2.05) is 30.3 Å². The van der Waals surface area contributed by atoms with E-state index < -0.39 is 11.6 Å². The minimum atomic E-state index is -0.689. The molecule has 0 spiro atoms. The summed E-state index contributed by atoms with van der Waals surface area (Å²) >= 11 is 1.13. The molecule has 8 heteroatoms. The second-order valence-corrected chi connectivity index (χ2v) is 7.66. The summed E-state index contributed by atoms with van der Waals surface area (Å²) < 4.78 is 33.4. The summed E-state index contributed by atoms with van der Waals surface area (Å²) in [6.45, 7) is 1.63. The van der Waals surface area contributed by atoms with Gasteiger partial charge in [0.15, 0.2) is 5.82 Å². The quantitative estimate of drug-likeness (QED) is 0.706. The highest BCUT2D eigenvalue weighted by atomic mass is 32.1. The second kappa shape index (κ2) is 8.10. The molecule has 28 heavy (non-hydrogen) atoms. The number of carbonyl (C=O) groups is 1. The fourth-order valence-corrected chi connectivity index (χ4v) is 4.11. The molecule has 0 aliphatic carbocycles. The van der Waals surface area contributed by atoms with Crippen molar-refractivity contribution < 1.29 is 18.3 Å². The van der Waals surface area contributed by atoms with Crippen LogP contribution in [0.4, 0.5) is 13.6 Å². The molecule has 1 aliphatic rings. The minimum absolute atomic E-state index is 0.0974. The molecule has 2 heterocycles. The van der Waals surface area contributed by atoms with E-state index in [0.717, 1.165) is 23.0 Å². The second-order valence-electron chi connectivity index (χ2n) is 6.66. The van der Waals surface area contributed by atoms with Gasteiger partial charge in [-0.2, -0.15) is 4.98 Å². The standard InChI is InChI=1S/C20H19F2N3O2S/c21-14-10-16(22)18-17(11-14)28-20(24-18)27-15-6-8-25(9-7-15)19(26)23-12-13-4-2-1-3-5-13/h1-5,10-11,15H,6-9,12H2,(H,23,26). The van der Waals surface area contributed by atoms with E-state index in [9.17, 15) is 13.6 Å². The van der Waals surface area contributed by atoms with E-state index >= 15 is 0 Å². The maximum Gasteiger partial charge on any atom is 0.317 e. The Hall–Kier alpha value is -2.74. The third kappa shape index (κ3) is 4.22. The van der Waals surface area contributed by atoms with Gasteiger partial charge in [0, 0.05) is 38.5 Å². The maximum absolute atomic E-state index is 13.8. The topological polar surface area (TPSA) is 54.5 Å². The lowest BCUT2D eigenvalue weighted by atomic mass is 10.1. The SMILES string of the molecule is O=C(NCc1ccccc1)N1CCC(Oc2nc3c(F)cc(F)cc3s2)CC1. The van der Waals surface area contributed by atoms with Crippen molar-refractivity contribution in [1.29, 1.82) is 0 Å². The third-order valence-electron chi connectivity index (χ3n) is 4.68. The van der Waals surface area contributed by atoms with Crippen LogP contribution >= 0.6 is 11.3 Å². The Morgan fingerprint density at radius 3 is 2.71 bits per heavy atom. The number of nitrogens with zero attached hydrogens (tertiary/aromatic N) is 2. The number of ether oxygens (including phenoxy) is 1. The van der Waals surface area contributed by atoms with Crippen LogP contribution in [-0.4, -0.2) is 35.1 Å². The van der Waals surface area contributed by atoms with Gasteiger partial charge in [0.25, 0.3) is 5.19 Å². The molecule has 2 aromatic carbocycles. The number of carbonyl (C=O) groups excluding carboxylic acids is 1. The summed E-state index contributed by atoms with van der Waals surface area (Å²) in [5.41, 5.74) is 1.17. The molecular formula is C20H19F2N3O2S. The predicted octanol–water partition coefficient (Wildman–Crippen LogP) is 4.33. The molecule has 0 unspecified atom stereocenters. The molecule has 1 saturated heterocycles. The first kappa shape index (κ1) is 18.6. The van der Waals surface area contributed by atoms with Gasteiger partial charge in [-0.1, -0.05) is 41.7 Å². The van der Waals surface area contributed by atoms with Crippen molar-refractivity contribution in [2.75, 3.05) is 13.1 Å². The number of thiazole rings is 1.